The molecule has 2 atom stereocenters. The van der Waals surface area contributed by atoms with Gasteiger partial charge < -0.3 is 5.32 Å². The lowest BCUT2D eigenvalue weighted by Gasteiger charge is -2.21. The van der Waals surface area contributed by atoms with Crippen molar-refractivity contribution in [2.75, 3.05) is 5.32 Å². The van der Waals surface area contributed by atoms with Crippen LogP contribution in [0.3, 0.4) is 0 Å². The van der Waals surface area contributed by atoms with Crippen molar-refractivity contribution in [1.82, 2.24) is 5.32 Å². The lowest BCUT2D eigenvalue weighted by Crippen LogP contribution is -2.39. The van der Waals surface area contributed by atoms with Crippen LogP contribution >= 0.6 is 0 Å². The van der Waals surface area contributed by atoms with Gasteiger partial charge in [0.15, 0.2) is 0 Å². The molecule has 0 aliphatic carbocycles. The van der Waals surface area contributed by atoms with Crippen LogP contribution in [0.15, 0.2) is 48.5 Å². The first-order valence-electron chi connectivity index (χ1n) is 7.67. The van der Waals surface area contributed by atoms with Crippen molar-refractivity contribution in [3.05, 3.63) is 65.2 Å². The van der Waals surface area contributed by atoms with E-state index in [-0.39, 0.29) is 18.0 Å². The van der Waals surface area contributed by atoms with Crippen LogP contribution in [0.2, 0.25) is 0 Å². The molecule has 0 aliphatic rings. The molecule has 1 amide bonds. The Balaban J connectivity index is 2.01. The summed E-state index contributed by atoms with van der Waals surface area (Å²) in [6.07, 6.45) is 0. The molecular formula is C19H24N2O. The molecule has 0 aliphatic heterocycles. The average Bonchev–Trinajstić information content (AvgIpc) is 2.51. The molecule has 2 rings (SSSR count). The topological polar surface area (TPSA) is 41.1 Å². The molecule has 0 spiro atoms. The van der Waals surface area contributed by atoms with Crippen LogP contribution in [-0.4, -0.2) is 11.9 Å². The van der Waals surface area contributed by atoms with Gasteiger partial charge in [0.25, 0.3) is 0 Å². The molecule has 2 N–H and O–H groups in total. The minimum absolute atomic E-state index is 0.0137. The second kappa shape index (κ2) is 7.23. The Morgan fingerprint density at radius 1 is 0.909 bits per heavy atom. The molecule has 0 saturated carbocycles. The summed E-state index contributed by atoms with van der Waals surface area (Å²) in [7, 11) is 0. The van der Waals surface area contributed by atoms with E-state index in [9.17, 15) is 4.79 Å². The van der Waals surface area contributed by atoms with Crippen LogP contribution in [0.25, 0.3) is 0 Å². The Morgan fingerprint density at radius 2 is 1.50 bits per heavy atom. The third-order valence-electron chi connectivity index (χ3n) is 3.92. The number of nitrogens with one attached hydrogen (secondary N) is 2. The number of amides is 1. The smallest absolute Gasteiger partial charge is 0.241 e. The van der Waals surface area contributed by atoms with Crippen LogP contribution in [0.4, 0.5) is 5.69 Å². The van der Waals surface area contributed by atoms with Gasteiger partial charge in [0.2, 0.25) is 5.91 Å². The van der Waals surface area contributed by atoms with Crippen LogP contribution < -0.4 is 10.6 Å². The second-order valence-electron chi connectivity index (χ2n) is 5.78. The van der Waals surface area contributed by atoms with Crippen molar-refractivity contribution in [2.24, 2.45) is 0 Å². The molecule has 3 nitrogen and oxygen atoms in total. The minimum atomic E-state index is -0.269. The van der Waals surface area contributed by atoms with Crippen molar-refractivity contribution in [3.8, 4) is 0 Å². The molecule has 0 unspecified atom stereocenters. The van der Waals surface area contributed by atoms with Gasteiger partial charge in [-0.2, -0.15) is 0 Å². The Morgan fingerprint density at radius 3 is 2.09 bits per heavy atom. The van der Waals surface area contributed by atoms with Gasteiger partial charge in [-0.1, -0.05) is 48.5 Å². The third-order valence-corrected chi connectivity index (χ3v) is 3.92. The summed E-state index contributed by atoms with van der Waals surface area (Å²) >= 11 is 0. The highest BCUT2D eigenvalue weighted by atomic mass is 16.2. The zero-order valence-corrected chi connectivity index (χ0v) is 13.7. The van der Waals surface area contributed by atoms with Crippen molar-refractivity contribution in [3.63, 3.8) is 0 Å². The van der Waals surface area contributed by atoms with E-state index in [2.05, 4.69) is 29.7 Å². The summed E-state index contributed by atoms with van der Waals surface area (Å²) in [5, 5.41) is 6.38. The maximum atomic E-state index is 12.4. The van der Waals surface area contributed by atoms with E-state index in [0.717, 1.165) is 16.8 Å². The van der Waals surface area contributed by atoms with E-state index in [1.54, 1.807) is 0 Å². The van der Waals surface area contributed by atoms with E-state index in [1.165, 1.54) is 5.56 Å². The highest BCUT2D eigenvalue weighted by Gasteiger charge is 2.17. The quantitative estimate of drug-likeness (QED) is 0.876. The van der Waals surface area contributed by atoms with Crippen molar-refractivity contribution < 1.29 is 4.79 Å². The molecule has 0 saturated heterocycles. The van der Waals surface area contributed by atoms with E-state index >= 15 is 0 Å². The van der Waals surface area contributed by atoms with Gasteiger partial charge in [0.05, 0.1) is 6.04 Å². The van der Waals surface area contributed by atoms with Gasteiger partial charge in [-0.15, -0.1) is 0 Å². The fraction of sp³-hybridized carbons (Fsp3) is 0.316. The van der Waals surface area contributed by atoms with E-state index < -0.39 is 0 Å². The molecule has 2 aromatic rings. The summed E-state index contributed by atoms with van der Waals surface area (Å²) in [4.78, 5) is 12.4. The molecule has 22 heavy (non-hydrogen) atoms. The Labute approximate surface area is 132 Å². The fourth-order valence-corrected chi connectivity index (χ4v) is 2.53. The standard InChI is InChI=1S/C19H24N2O/c1-13-9-8-10-14(2)18(13)21-19(22)16(4)20-15(3)17-11-6-5-7-12-17/h5-12,15-16,20H,1-4H3,(H,21,22)/t15-,16+/m0/s1. The zero-order valence-electron chi connectivity index (χ0n) is 13.7. The fourth-order valence-electron chi connectivity index (χ4n) is 2.53. The predicted molar refractivity (Wildman–Crippen MR) is 92.0 cm³/mol. The number of carbonyl (C=O) groups is 1. The molecule has 0 fully saturated rings. The van der Waals surface area contributed by atoms with E-state index in [0.29, 0.717) is 0 Å². The summed E-state index contributed by atoms with van der Waals surface area (Å²) in [5.41, 5.74) is 4.25. The number of anilines is 1. The van der Waals surface area contributed by atoms with Crippen LogP contribution in [0, 0.1) is 13.8 Å². The highest BCUT2D eigenvalue weighted by molar-refractivity contribution is 5.95. The van der Waals surface area contributed by atoms with Crippen LogP contribution in [0.1, 0.15) is 36.6 Å². The normalized spacial score (nSPS) is 13.5. The number of carbonyl (C=O) groups excluding carboxylic acids is 1. The largest absolute Gasteiger partial charge is 0.324 e. The maximum absolute atomic E-state index is 12.4. The lowest BCUT2D eigenvalue weighted by molar-refractivity contribution is -0.117. The van der Waals surface area contributed by atoms with Crippen LogP contribution in [0.5, 0.6) is 0 Å². The van der Waals surface area contributed by atoms with E-state index in [1.807, 2.05) is 57.2 Å². The van der Waals surface area contributed by atoms with Crippen molar-refractivity contribution in [2.45, 2.75) is 39.8 Å². The van der Waals surface area contributed by atoms with Gasteiger partial charge in [-0.25, -0.2) is 0 Å². The first kappa shape index (κ1) is 16.2. The average molecular weight is 296 g/mol. The molecule has 2 aromatic carbocycles. The number of aryl methyl sites for hydroxylation is 2. The number of hydrogen-bond acceptors (Lipinski definition) is 2. The molecule has 0 radical (unpaired) electrons. The molecular weight excluding hydrogens is 272 g/mol. The van der Waals surface area contributed by atoms with Crippen LogP contribution in [-0.2, 0) is 4.79 Å². The Hall–Kier alpha value is -2.13. The number of para-hydroxylation sites is 1. The monoisotopic (exact) mass is 296 g/mol. The number of benzene rings is 2. The van der Waals surface area contributed by atoms with Gasteiger partial charge >= 0.3 is 0 Å². The van der Waals surface area contributed by atoms with E-state index in [4.69, 9.17) is 0 Å². The lowest BCUT2D eigenvalue weighted by atomic mass is 10.1. The molecule has 3 heteroatoms. The summed E-state index contributed by atoms with van der Waals surface area (Å²) < 4.78 is 0. The number of hydrogen-bond donors (Lipinski definition) is 2. The molecule has 0 bridgehead atoms. The summed E-state index contributed by atoms with van der Waals surface area (Å²) in [5.74, 6) is -0.0137. The number of rotatable bonds is 5. The van der Waals surface area contributed by atoms with Gasteiger partial charge in [0, 0.05) is 11.7 Å². The zero-order chi connectivity index (χ0) is 16.1. The second-order valence-corrected chi connectivity index (χ2v) is 5.78. The van der Waals surface area contributed by atoms with Gasteiger partial charge in [-0.3, -0.25) is 10.1 Å². The first-order chi connectivity index (χ1) is 10.5. The first-order valence-corrected chi connectivity index (χ1v) is 7.67. The maximum Gasteiger partial charge on any atom is 0.241 e. The Kier molecular flexibility index (Phi) is 5.34. The SMILES string of the molecule is Cc1cccc(C)c1NC(=O)[C@@H](C)N[C@@H](C)c1ccccc1. The highest BCUT2D eigenvalue weighted by Crippen LogP contribution is 2.20. The predicted octanol–water partition coefficient (Wildman–Crippen LogP) is 3.98. The third kappa shape index (κ3) is 3.95. The van der Waals surface area contributed by atoms with Gasteiger partial charge in [-0.05, 0) is 44.4 Å². The molecule has 0 aromatic heterocycles. The Bertz CT molecular complexity index is 617. The molecule has 116 valence electrons. The van der Waals surface area contributed by atoms with Gasteiger partial charge in [0.1, 0.15) is 0 Å². The minimum Gasteiger partial charge on any atom is -0.324 e. The molecule has 0 heterocycles. The summed E-state index contributed by atoms with van der Waals surface area (Å²) in [6.45, 7) is 7.97. The van der Waals surface area contributed by atoms with Crippen molar-refractivity contribution in [1.29, 1.82) is 0 Å². The summed E-state index contributed by atoms with van der Waals surface area (Å²) in [6, 6.07) is 16.0. The van der Waals surface area contributed by atoms with Crippen molar-refractivity contribution >= 4 is 11.6 Å².